The number of carbonyl (C=O) groups is 1. The number of carboxylic acids is 1. The number of benzene rings is 1. The van der Waals surface area contributed by atoms with E-state index >= 15 is 0 Å². The number of nitrogens with zero attached hydrogens (tertiary/aromatic N) is 3. The molecule has 1 aliphatic rings. The second kappa shape index (κ2) is 6.79. The maximum Gasteiger partial charge on any atom is 0.326 e. The summed E-state index contributed by atoms with van der Waals surface area (Å²) in [5.41, 5.74) is 1.23. The minimum Gasteiger partial charge on any atom is -0.480 e. The summed E-state index contributed by atoms with van der Waals surface area (Å²) in [4.78, 5) is 21.9. The highest BCUT2D eigenvalue weighted by Crippen LogP contribution is 2.26. The summed E-state index contributed by atoms with van der Waals surface area (Å²) in [6.07, 6.45) is 4.91. The van der Waals surface area contributed by atoms with Crippen molar-refractivity contribution < 1.29 is 9.90 Å². The van der Waals surface area contributed by atoms with E-state index in [2.05, 4.69) is 22.1 Å². The Balaban J connectivity index is 1.71. The Hall–Kier alpha value is -2.08. The van der Waals surface area contributed by atoms with E-state index in [0.717, 1.165) is 23.7 Å². The highest BCUT2D eigenvalue weighted by atomic mass is 32.2. The molecule has 1 aliphatic heterocycles. The van der Waals surface area contributed by atoms with Gasteiger partial charge in [-0.2, -0.15) is 0 Å². The van der Waals surface area contributed by atoms with Crippen LogP contribution in [0, 0.1) is 0 Å². The van der Waals surface area contributed by atoms with Crippen molar-refractivity contribution in [1.29, 1.82) is 0 Å². The van der Waals surface area contributed by atoms with Crippen molar-refractivity contribution >= 4 is 23.5 Å². The van der Waals surface area contributed by atoms with Crippen molar-refractivity contribution in [3.05, 3.63) is 48.3 Å². The summed E-state index contributed by atoms with van der Waals surface area (Å²) in [7, 11) is 0. The lowest BCUT2D eigenvalue weighted by Gasteiger charge is -2.22. The molecule has 2 heterocycles. The standard InChI is InChI=1S/C16H17N3O2S/c20-16(21)13-7-4-8-19(13)14-9-17-10-15(18-14)22-11-12-5-2-1-3-6-12/h1-3,5-6,9-10,13H,4,7-8,11H2,(H,20,21)/t13-/m0/s1. The summed E-state index contributed by atoms with van der Waals surface area (Å²) in [5.74, 6) is 0.686. The van der Waals surface area contributed by atoms with Gasteiger partial charge in [-0.3, -0.25) is 4.98 Å². The first-order valence-corrected chi connectivity index (χ1v) is 8.21. The predicted molar refractivity (Wildman–Crippen MR) is 86.0 cm³/mol. The molecule has 1 fully saturated rings. The first-order chi connectivity index (χ1) is 10.7. The second-order valence-corrected chi connectivity index (χ2v) is 6.18. The predicted octanol–water partition coefficient (Wildman–Crippen LogP) is 2.82. The highest BCUT2D eigenvalue weighted by Gasteiger charge is 2.31. The quantitative estimate of drug-likeness (QED) is 0.856. The Bertz CT molecular complexity index is 651. The molecule has 1 atom stereocenters. The van der Waals surface area contributed by atoms with Crippen LogP contribution in [0.4, 0.5) is 5.82 Å². The third kappa shape index (κ3) is 3.39. The zero-order valence-corrected chi connectivity index (χ0v) is 12.9. The molecule has 1 N–H and O–H groups in total. The van der Waals surface area contributed by atoms with Gasteiger partial charge in [0, 0.05) is 12.3 Å². The van der Waals surface area contributed by atoms with Crippen LogP contribution < -0.4 is 4.90 Å². The molecule has 0 saturated carbocycles. The van der Waals surface area contributed by atoms with Crippen molar-refractivity contribution in [2.45, 2.75) is 29.7 Å². The number of aromatic nitrogens is 2. The molecule has 114 valence electrons. The van der Waals surface area contributed by atoms with E-state index in [1.54, 1.807) is 24.2 Å². The molecule has 0 bridgehead atoms. The SMILES string of the molecule is O=C(O)[C@@H]1CCCN1c1cncc(SCc2ccccc2)n1. The molecule has 2 aromatic rings. The van der Waals surface area contributed by atoms with Crippen molar-refractivity contribution in [1.82, 2.24) is 9.97 Å². The molecule has 0 aliphatic carbocycles. The van der Waals surface area contributed by atoms with Gasteiger partial charge in [0.2, 0.25) is 0 Å². The van der Waals surface area contributed by atoms with Gasteiger partial charge in [-0.25, -0.2) is 9.78 Å². The van der Waals surface area contributed by atoms with E-state index in [1.807, 2.05) is 23.1 Å². The van der Waals surface area contributed by atoms with Gasteiger partial charge >= 0.3 is 5.97 Å². The van der Waals surface area contributed by atoms with Crippen LogP contribution in [0.25, 0.3) is 0 Å². The van der Waals surface area contributed by atoms with Crippen molar-refractivity contribution in [3.8, 4) is 0 Å². The van der Waals surface area contributed by atoms with Crippen LogP contribution in [0.5, 0.6) is 0 Å². The van der Waals surface area contributed by atoms with Crippen LogP contribution >= 0.6 is 11.8 Å². The van der Waals surface area contributed by atoms with E-state index in [9.17, 15) is 9.90 Å². The molecule has 5 nitrogen and oxygen atoms in total. The number of anilines is 1. The van der Waals surface area contributed by atoms with Crippen LogP contribution in [0.15, 0.2) is 47.8 Å². The molecule has 6 heteroatoms. The summed E-state index contributed by atoms with van der Waals surface area (Å²) < 4.78 is 0. The monoisotopic (exact) mass is 315 g/mol. The zero-order valence-electron chi connectivity index (χ0n) is 12.1. The summed E-state index contributed by atoms with van der Waals surface area (Å²) in [6, 6.07) is 9.69. The number of thioether (sulfide) groups is 1. The van der Waals surface area contributed by atoms with Gasteiger partial charge in [0.15, 0.2) is 0 Å². The number of carboxylic acid groups (broad SMARTS) is 1. The summed E-state index contributed by atoms with van der Waals surface area (Å²) >= 11 is 1.61. The van der Waals surface area contributed by atoms with Gasteiger partial charge in [0.1, 0.15) is 16.9 Å². The van der Waals surface area contributed by atoms with Crippen LogP contribution in [0.1, 0.15) is 18.4 Å². The first kappa shape index (κ1) is 14.8. The van der Waals surface area contributed by atoms with Gasteiger partial charge in [0.25, 0.3) is 0 Å². The highest BCUT2D eigenvalue weighted by molar-refractivity contribution is 7.98. The first-order valence-electron chi connectivity index (χ1n) is 7.22. The van der Waals surface area contributed by atoms with Gasteiger partial charge in [-0.05, 0) is 18.4 Å². The minimum absolute atomic E-state index is 0.483. The molecule has 0 spiro atoms. The Labute approximate surface area is 133 Å². The number of hydrogen-bond acceptors (Lipinski definition) is 5. The molecule has 1 saturated heterocycles. The second-order valence-electron chi connectivity index (χ2n) is 5.18. The Morgan fingerprint density at radius 3 is 2.91 bits per heavy atom. The molecule has 0 radical (unpaired) electrons. The van der Waals surface area contributed by atoms with Crippen molar-refractivity contribution in [2.75, 3.05) is 11.4 Å². The minimum atomic E-state index is -0.790. The number of aliphatic carboxylic acids is 1. The molecular weight excluding hydrogens is 298 g/mol. The third-order valence-corrected chi connectivity index (χ3v) is 4.63. The fourth-order valence-corrected chi connectivity index (χ4v) is 3.38. The average Bonchev–Trinajstić information content (AvgIpc) is 3.04. The topological polar surface area (TPSA) is 66.3 Å². The van der Waals surface area contributed by atoms with Crippen molar-refractivity contribution in [2.24, 2.45) is 0 Å². The maximum atomic E-state index is 11.3. The number of rotatable bonds is 5. The van der Waals surface area contributed by atoms with Crippen LogP contribution in [0.2, 0.25) is 0 Å². The Morgan fingerprint density at radius 2 is 2.14 bits per heavy atom. The molecule has 1 aromatic carbocycles. The largest absolute Gasteiger partial charge is 0.480 e. The zero-order chi connectivity index (χ0) is 15.4. The van der Waals surface area contributed by atoms with E-state index < -0.39 is 12.0 Å². The van der Waals surface area contributed by atoms with E-state index in [1.165, 1.54) is 5.56 Å². The Morgan fingerprint density at radius 1 is 1.32 bits per heavy atom. The summed E-state index contributed by atoms with van der Waals surface area (Å²) in [5, 5.41) is 10.1. The molecule has 0 unspecified atom stereocenters. The lowest BCUT2D eigenvalue weighted by molar-refractivity contribution is -0.138. The van der Waals surface area contributed by atoms with E-state index in [-0.39, 0.29) is 0 Å². The fourth-order valence-electron chi connectivity index (χ4n) is 2.58. The van der Waals surface area contributed by atoms with Crippen molar-refractivity contribution in [3.63, 3.8) is 0 Å². The third-order valence-electron chi connectivity index (χ3n) is 3.66. The van der Waals surface area contributed by atoms with Crippen LogP contribution in [-0.2, 0) is 10.5 Å². The molecule has 22 heavy (non-hydrogen) atoms. The lowest BCUT2D eigenvalue weighted by Crippen LogP contribution is -2.36. The average molecular weight is 315 g/mol. The fraction of sp³-hybridized carbons (Fsp3) is 0.312. The van der Waals surface area contributed by atoms with E-state index in [4.69, 9.17) is 0 Å². The lowest BCUT2D eigenvalue weighted by atomic mass is 10.2. The maximum absolute atomic E-state index is 11.3. The number of hydrogen-bond donors (Lipinski definition) is 1. The molecular formula is C16H17N3O2S. The normalized spacial score (nSPS) is 17.6. The molecule has 3 rings (SSSR count). The van der Waals surface area contributed by atoms with Gasteiger partial charge in [-0.15, -0.1) is 11.8 Å². The summed E-state index contributed by atoms with van der Waals surface area (Å²) in [6.45, 7) is 0.721. The molecule has 0 amide bonds. The Kier molecular flexibility index (Phi) is 4.58. The van der Waals surface area contributed by atoms with Crippen LogP contribution in [0.3, 0.4) is 0 Å². The van der Waals surface area contributed by atoms with Gasteiger partial charge in [0.05, 0.1) is 12.4 Å². The molecule has 1 aromatic heterocycles. The van der Waals surface area contributed by atoms with E-state index in [0.29, 0.717) is 12.2 Å². The van der Waals surface area contributed by atoms with Gasteiger partial charge < -0.3 is 10.0 Å². The van der Waals surface area contributed by atoms with Crippen LogP contribution in [-0.4, -0.2) is 33.6 Å². The van der Waals surface area contributed by atoms with Gasteiger partial charge in [-0.1, -0.05) is 30.3 Å². The smallest absolute Gasteiger partial charge is 0.326 e.